The summed E-state index contributed by atoms with van der Waals surface area (Å²) >= 11 is 0. The number of aromatic nitrogens is 1. The van der Waals surface area contributed by atoms with Gasteiger partial charge in [0.1, 0.15) is 0 Å². The normalized spacial score (nSPS) is 23.8. The number of hydrogen-bond donors (Lipinski definition) is 1. The predicted molar refractivity (Wildman–Crippen MR) is 67.4 cm³/mol. The van der Waals surface area contributed by atoms with Crippen LogP contribution in [0.25, 0.3) is 0 Å². The Morgan fingerprint density at radius 1 is 1.28 bits per heavy atom. The van der Waals surface area contributed by atoms with Gasteiger partial charge in [-0.25, -0.2) is 0 Å². The van der Waals surface area contributed by atoms with Gasteiger partial charge < -0.3 is 10.0 Å². The van der Waals surface area contributed by atoms with E-state index in [2.05, 4.69) is 9.88 Å². The lowest BCUT2D eigenvalue weighted by atomic mass is 9.73. The van der Waals surface area contributed by atoms with Gasteiger partial charge in [0.15, 0.2) is 0 Å². The zero-order chi connectivity index (χ0) is 12.6. The van der Waals surface area contributed by atoms with Crippen LogP contribution in [0.5, 0.6) is 0 Å². The first-order valence-corrected chi connectivity index (χ1v) is 6.60. The van der Waals surface area contributed by atoms with Crippen molar-refractivity contribution in [2.45, 2.75) is 37.1 Å². The summed E-state index contributed by atoms with van der Waals surface area (Å²) in [5.41, 5.74) is 0.203. The molecule has 0 radical (unpaired) electrons. The summed E-state index contributed by atoms with van der Waals surface area (Å²) in [7, 11) is 0. The number of nitrogens with zero attached hydrogens (tertiary/aromatic N) is 2. The van der Waals surface area contributed by atoms with Crippen LogP contribution in [0, 0.1) is 0 Å². The van der Waals surface area contributed by atoms with Crippen molar-refractivity contribution in [2.75, 3.05) is 13.1 Å². The third-order valence-corrected chi connectivity index (χ3v) is 4.36. The molecule has 4 heteroatoms. The molecule has 1 saturated heterocycles. The molecule has 0 amide bonds. The lowest BCUT2D eigenvalue weighted by Crippen LogP contribution is -2.47. The molecule has 2 aliphatic rings. The summed E-state index contributed by atoms with van der Waals surface area (Å²) in [4.78, 5) is 18.2. The van der Waals surface area contributed by atoms with E-state index in [-0.39, 0.29) is 0 Å². The van der Waals surface area contributed by atoms with E-state index in [4.69, 9.17) is 0 Å². The van der Waals surface area contributed by atoms with Crippen LogP contribution in [-0.2, 0) is 10.2 Å². The zero-order valence-electron chi connectivity index (χ0n) is 10.4. The van der Waals surface area contributed by atoms with E-state index in [9.17, 15) is 9.90 Å². The van der Waals surface area contributed by atoms with Crippen LogP contribution >= 0.6 is 0 Å². The average molecular weight is 246 g/mol. The smallest absolute Gasteiger partial charge is 0.314 e. The maximum atomic E-state index is 11.7. The molecule has 0 atom stereocenters. The molecule has 0 unspecified atom stereocenters. The summed E-state index contributed by atoms with van der Waals surface area (Å²) in [5, 5.41) is 9.64. The van der Waals surface area contributed by atoms with E-state index in [1.54, 1.807) is 12.4 Å². The number of likely N-dealkylation sites (tertiary alicyclic amines) is 1. The van der Waals surface area contributed by atoms with Crippen LogP contribution in [0.1, 0.15) is 31.2 Å². The second kappa shape index (κ2) is 4.35. The van der Waals surface area contributed by atoms with Crippen LogP contribution < -0.4 is 0 Å². The number of aliphatic carboxylic acids is 1. The molecule has 1 aliphatic carbocycles. The number of rotatable bonds is 3. The Balaban J connectivity index is 1.83. The highest BCUT2D eigenvalue weighted by atomic mass is 16.4. The molecule has 0 aromatic carbocycles. The van der Waals surface area contributed by atoms with Crippen molar-refractivity contribution in [1.82, 2.24) is 9.88 Å². The van der Waals surface area contributed by atoms with Gasteiger partial charge in [-0.05, 0) is 56.5 Å². The Bertz CT molecular complexity index is 434. The molecule has 2 fully saturated rings. The molecule has 4 nitrogen and oxygen atoms in total. The maximum Gasteiger partial charge on any atom is 0.314 e. The lowest BCUT2D eigenvalue weighted by molar-refractivity contribution is -0.146. The van der Waals surface area contributed by atoms with Crippen molar-refractivity contribution >= 4 is 5.97 Å². The third kappa shape index (κ3) is 1.90. The lowest BCUT2D eigenvalue weighted by Gasteiger charge is -2.39. The molecule has 1 aliphatic heterocycles. The van der Waals surface area contributed by atoms with E-state index in [0.717, 1.165) is 24.7 Å². The fourth-order valence-electron chi connectivity index (χ4n) is 3.01. The fourth-order valence-corrected chi connectivity index (χ4v) is 3.01. The van der Waals surface area contributed by atoms with Crippen molar-refractivity contribution in [3.05, 3.63) is 30.1 Å². The molecule has 0 spiro atoms. The van der Waals surface area contributed by atoms with Crippen LogP contribution in [0.4, 0.5) is 0 Å². The van der Waals surface area contributed by atoms with Crippen molar-refractivity contribution in [1.29, 1.82) is 0 Å². The third-order valence-electron chi connectivity index (χ3n) is 4.36. The van der Waals surface area contributed by atoms with Gasteiger partial charge in [0.25, 0.3) is 0 Å². The first-order valence-electron chi connectivity index (χ1n) is 6.60. The van der Waals surface area contributed by atoms with Gasteiger partial charge >= 0.3 is 5.97 Å². The minimum atomic E-state index is -0.700. The molecular formula is C14H18N2O2. The molecule has 1 saturated carbocycles. The summed E-state index contributed by atoms with van der Waals surface area (Å²) in [6.45, 7) is 1.80. The van der Waals surface area contributed by atoms with Crippen molar-refractivity contribution in [2.24, 2.45) is 0 Å². The highest BCUT2D eigenvalue weighted by molar-refractivity contribution is 5.81. The topological polar surface area (TPSA) is 53.4 Å². The van der Waals surface area contributed by atoms with Crippen LogP contribution in [0.2, 0.25) is 0 Å². The Morgan fingerprint density at radius 2 is 1.89 bits per heavy atom. The highest BCUT2D eigenvalue weighted by Crippen LogP contribution is 2.39. The number of carboxylic acids is 1. The molecule has 3 rings (SSSR count). The molecule has 18 heavy (non-hydrogen) atoms. The number of carboxylic acid groups (broad SMARTS) is 1. The van der Waals surface area contributed by atoms with Gasteiger partial charge in [0.05, 0.1) is 5.41 Å². The Morgan fingerprint density at radius 3 is 2.39 bits per heavy atom. The van der Waals surface area contributed by atoms with E-state index < -0.39 is 11.4 Å². The van der Waals surface area contributed by atoms with Crippen LogP contribution in [0.15, 0.2) is 24.5 Å². The van der Waals surface area contributed by atoms with E-state index >= 15 is 0 Å². The van der Waals surface area contributed by atoms with Crippen molar-refractivity contribution in [3.8, 4) is 0 Å². The molecule has 1 N–H and O–H groups in total. The monoisotopic (exact) mass is 246 g/mol. The number of pyridine rings is 1. The van der Waals surface area contributed by atoms with Crippen LogP contribution in [-0.4, -0.2) is 40.1 Å². The SMILES string of the molecule is O=C(O)C1(c2ccncc2)CCN(C2CC2)CC1. The molecule has 96 valence electrons. The van der Waals surface area contributed by atoms with Gasteiger partial charge in [-0.1, -0.05) is 0 Å². The quantitative estimate of drug-likeness (QED) is 0.881. The van der Waals surface area contributed by atoms with Gasteiger partial charge in [-0.2, -0.15) is 0 Å². The Labute approximate surface area is 107 Å². The Hall–Kier alpha value is -1.42. The van der Waals surface area contributed by atoms with E-state index in [0.29, 0.717) is 12.8 Å². The van der Waals surface area contributed by atoms with Crippen molar-refractivity contribution in [3.63, 3.8) is 0 Å². The van der Waals surface area contributed by atoms with E-state index in [1.807, 2.05) is 12.1 Å². The average Bonchev–Trinajstić information content (AvgIpc) is 3.24. The highest BCUT2D eigenvalue weighted by Gasteiger charge is 2.45. The number of carbonyl (C=O) groups is 1. The van der Waals surface area contributed by atoms with Gasteiger partial charge in [-0.3, -0.25) is 9.78 Å². The van der Waals surface area contributed by atoms with Gasteiger partial charge in [-0.15, -0.1) is 0 Å². The standard InChI is InChI=1S/C14H18N2O2/c17-13(18)14(11-3-7-15-8-4-11)5-9-16(10-6-14)12-1-2-12/h3-4,7-8,12H,1-2,5-6,9-10H2,(H,17,18). The largest absolute Gasteiger partial charge is 0.481 e. The summed E-state index contributed by atoms with van der Waals surface area (Å²) in [6, 6.07) is 4.43. The first kappa shape index (κ1) is 11.7. The molecule has 0 bridgehead atoms. The predicted octanol–water partition coefficient (Wildman–Crippen LogP) is 1.66. The second-order valence-electron chi connectivity index (χ2n) is 5.39. The summed E-state index contributed by atoms with van der Waals surface area (Å²) in [5.74, 6) is -0.691. The Kier molecular flexibility index (Phi) is 2.82. The fraction of sp³-hybridized carbons (Fsp3) is 0.571. The molecular weight excluding hydrogens is 228 g/mol. The minimum Gasteiger partial charge on any atom is -0.481 e. The minimum absolute atomic E-state index is 0.691. The maximum absolute atomic E-state index is 11.7. The first-order chi connectivity index (χ1) is 8.72. The summed E-state index contributed by atoms with van der Waals surface area (Å²) < 4.78 is 0. The van der Waals surface area contributed by atoms with Gasteiger partial charge in [0.2, 0.25) is 0 Å². The molecule has 2 heterocycles. The number of hydrogen-bond acceptors (Lipinski definition) is 3. The van der Waals surface area contributed by atoms with E-state index in [1.165, 1.54) is 12.8 Å². The number of piperidine rings is 1. The molecule has 1 aromatic rings. The van der Waals surface area contributed by atoms with Crippen LogP contribution in [0.3, 0.4) is 0 Å². The summed E-state index contributed by atoms with van der Waals surface area (Å²) in [6.07, 6.45) is 7.37. The second-order valence-corrected chi connectivity index (χ2v) is 5.39. The van der Waals surface area contributed by atoms with Gasteiger partial charge in [0, 0.05) is 18.4 Å². The van der Waals surface area contributed by atoms with Crippen molar-refractivity contribution < 1.29 is 9.90 Å². The molecule has 1 aromatic heterocycles. The zero-order valence-corrected chi connectivity index (χ0v) is 10.4.